The molecule has 3 aromatic heterocycles. The zero-order chi connectivity index (χ0) is 38.3. The molecule has 0 aliphatic rings. The van der Waals surface area contributed by atoms with Crippen LogP contribution in [0.2, 0.25) is 0 Å². The van der Waals surface area contributed by atoms with E-state index >= 15 is 0 Å². The van der Waals surface area contributed by atoms with Gasteiger partial charge in [0.05, 0.1) is 16.7 Å². The minimum Gasteiger partial charge on any atom is -0.308 e. The van der Waals surface area contributed by atoms with E-state index in [0.29, 0.717) is 17.5 Å². The van der Waals surface area contributed by atoms with E-state index in [0.717, 1.165) is 45.4 Å². The smallest absolute Gasteiger partial charge is 0.166 e. The van der Waals surface area contributed by atoms with Crippen molar-refractivity contribution in [1.29, 1.82) is 0 Å². The number of para-hydroxylation sites is 2. The molecule has 0 radical (unpaired) electrons. The largest absolute Gasteiger partial charge is 0.308 e. The van der Waals surface area contributed by atoms with Crippen molar-refractivity contribution in [3.05, 3.63) is 188 Å². The van der Waals surface area contributed by atoms with Crippen molar-refractivity contribution in [2.24, 2.45) is 0 Å². The van der Waals surface area contributed by atoms with E-state index in [1.165, 1.54) is 47.6 Å². The van der Waals surface area contributed by atoms with E-state index in [-0.39, 0.29) is 0 Å². The summed E-state index contributed by atoms with van der Waals surface area (Å²) >= 11 is 1.87. The summed E-state index contributed by atoms with van der Waals surface area (Å²) in [5, 5.41) is 4.95. The molecule has 7 aromatic carbocycles. The number of nitrogens with zero attached hydrogens (tertiary/aromatic N) is 4. The van der Waals surface area contributed by atoms with E-state index < -0.39 is 0 Å². The molecule has 0 bridgehead atoms. The van der Waals surface area contributed by atoms with Crippen LogP contribution < -0.4 is 0 Å². The number of hydrogen-bond donors (Lipinski definition) is 0. The summed E-state index contributed by atoms with van der Waals surface area (Å²) in [5.41, 5.74) is 10.9. The van der Waals surface area contributed by atoms with Gasteiger partial charge in [-0.25, -0.2) is 15.0 Å². The molecular weight excluding hydrogens is 713 g/mol. The van der Waals surface area contributed by atoms with Gasteiger partial charge in [-0.3, -0.25) is 0 Å². The molecule has 0 aliphatic heterocycles. The first-order valence-electron chi connectivity index (χ1n) is 19.5. The van der Waals surface area contributed by atoms with Gasteiger partial charge in [0.25, 0.3) is 0 Å². The zero-order valence-corrected chi connectivity index (χ0v) is 32.5. The summed E-state index contributed by atoms with van der Waals surface area (Å²) in [6.45, 7) is 4.23. The quantitative estimate of drug-likeness (QED) is 0.145. The lowest BCUT2D eigenvalue weighted by Crippen LogP contribution is -2.03. The van der Waals surface area contributed by atoms with Gasteiger partial charge in [-0.1, -0.05) is 159 Å². The van der Waals surface area contributed by atoms with Crippen molar-refractivity contribution in [3.63, 3.8) is 0 Å². The lowest BCUT2D eigenvalue weighted by molar-refractivity contribution is 1.06. The molecule has 0 spiro atoms. The standard InChI is InChI=1S/C52H38N4S/c1-3-5-17-34(4-2)35-28-30-38(31-29-35)51-53-50(37-20-10-7-11-21-37)54-52(55-51)42-23-13-15-27-46(42)56-45-26-14-12-22-40(45)43-33-48-44(32-47(43)56)41-25-16-24-39(49(41)57-48)36-18-8-6-9-19-36/h4-33H,3H2,1-2H3/b17-5-,34-4+. The molecule has 10 aromatic rings. The van der Waals surface area contributed by atoms with E-state index in [9.17, 15) is 0 Å². The van der Waals surface area contributed by atoms with Gasteiger partial charge in [-0.2, -0.15) is 0 Å². The first-order chi connectivity index (χ1) is 28.2. The fourth-order valence-electron chi connectivity index (χ4n) is 7.98. The van der Waals surface area contributed by atoms with Gasteiger partial charge in [-0.15, -0.1) is 11.3 Å². The van der Waals surface area contributed by atoms with Gasteiger partial charge in [0.2, 0.25) is 0 Å². The van der Waals surface area contributed by atoms with Crippen LogP contribution in [0.15, 0.2) is 182 Å². The van der Waals surface area contributed by atoms with Crippen molar-refractivity contribution in [1.82, 2.24) is 19.5 Å². The second-order valence-corrected chi connectivity index (χ2v) is 15.2. The average Bonchev–Trinajstić information content (AvgIpc) is 3.81. The van der Waals surface area contributed by atoms with Gasteiger partial charge in [0.1, 0.15) is 0 Å². The molecule has 0 atom stereocenters. The minimum atomic E-state index is 0.624. The number of rotatable bonds is 8. The van der Waals surface area contributed by atoms with E-state index in [1.807, 2.05) is 29.5 Å². The van der Waals surface area contributed by atoms with Crippen LogP contribution in [-0.4, -0.2) is 19.5 Å². The van der Waals surface area contributed by atoms with Crippen LogP contribution in [0, 0.1) is 0 Å². The SMILES string of the molecule is C/C=C(\C=C/CC)c1ccc(-c2nc(-c3ccccc3)nc(-c3ccccc3-n3c4ccccc4c4cc5sc6c(-c7ccccc7)cccc6c5cc43)n2)cc1. The molecule has 0 N–H and O–H groups in total. The van der Waals surface area contributed by atoms with Crippen molar-refractivity contribution in [2.45, 2.75) is 20.3 Å². The normalized spacial score (nSPS) is 12.1. The molecule has 57 heavy (non-hydrogen) atoms. The Balaban J connectivity index is 1.18. The Morgan fingerprint density at radius 1 is 0.544 bits per heavy atom. The van der Waals surface area contributed by atoms with Crippen LogP contribution in [0.5, 0.6) is 0 Å². The molecule has 3 heterocycles. The first kappa shape index (κ1) is 34.5. The molecule has 0 fully saturated rings. The summed E-state index contributed by atoms with van der Waals surface area (Å²) in [4.78, 5) is 15.5. The monoisotopic (exact) mass is 750 g/mol. The van der Waals surface area contributed by atoms with Crippen LogP contribution in [0.4, 0.5) is 0 Å². The number of hydrogen-bond acceptors (Lipinski definition) is 4. The predicted molar refractivity (Wildman–Crippen MR) is 242 cm³/mol. The molecule has 10 rings (SSSR count). The molecule has 4 nitrogen and oxygen atoms in total. The molecule has 0 saturated heterocycles. The summed E-state index contributed by atoms with van der Waals surface area (Å²) < 4.78 is 4.98. The maximum atomic E-state index is 5.23. The third-order valence-electron chi connectivity index (χ3n) is 10.7. The summed E-state index contributed by atoms with van der Waals surface area (Å²) in [7, 11) is 0. The van der Waals surface area contributed by atoms with Gasteiger partial charge < -0.3 is 4.57 Å². The second-order valence-electron chi connectivity index (χ2n) is 14.2. The van der Waals surface area contributed by atoms with Crippen molar-refractivity contribution < 1.29 is 0 Å². The molecule has 0 aliphatic carbocycles. The summed E-state index contributed by atoms with van der Waals surface area (Å²) in [6, 6.07) is 58.1. The Hall–Kier alpha value is -6.95. The predicted octanol–water partition coefficient (Wildman–Crippen LogP) is 14.4. The van der Waals surface area contributed by atoms with Gasteiger partial charge in [0, 0.05) is 47.6 Å². The fraction of sp³-hybridized carbons (Fsp3) is 0.0577. The second kappa shape index (κ2) is 14.6. The molecule has 5 heteroatoms. The Labute approximate surface area is 335 Å². The maximum Gasteiger partial charge on any atom is 0.166 e. The summed E-state index contributed by atoms with van der Waals surface area (Å²) in [5.74, 6) is 1.89. The Kier molecular flexibility index (Phi) is 8.85. The average molecular weight is 751 g/mol. The van der Waals surface area contributed by atoms with Crippen molar-refractivity contribution >= 4 is 58.9 Å². The van der Waals surface area contributed by atoms with E-state index in [2.05, 4.69) is 182 Å². The van der Waals surface area contributed by atoms with Gasteiger partial charge >= 0.3 is 0 Å². The lowest BCUT2D eigenvalue weighted by Gasteiger charge is -2.15. The van der Waals surface area contributed by atoms with Crippen molar-refractivity contribution in [2.75, 3.05) is 0 Å². The highest BCUT2D eigenvalue weighted by atomic mass is 32.1. The number of thiophene rings is 1. The number of fused-ring (bicyclic) bond motifs is 6. The number of allylic oxidation sites excluding steroid dienone is 4. The Morgan fingerprint density at radius 2 is 1.18 bits per heavy atom. The highest BCUT2D eigenvalue weighted by molar-refractivity contribution is 7.26. The summed E-state index contributed by atoms with van der Waals surface area (Å²) in [6.07, 6.45) is 7.51. The Bertz CT molecular complexity index is 3150. The Morgan fingerprint density at radius 3 is 1.93 bits per heavy atom. The van der Waals surface area contributed by atoms with Crippen LogP contribution in [0.3, 0.4) is 0 Å². The fourth-order valence-corrected chi connectivity index (χ4v) is 9.24. The van der Waals surface area contributed by atoms with Crippen LogP contribution in [0.1, 0.15) is 25.8 Å². The van der Waals surface area contributed by atoms with Crippen molar-refractivity contribution in [3.8, 4) is 51.0 Å². The first-order valence-corrected chi connectivity index (χ1v) is 20.3. The van der Waals surface area contributed by atoms with Gasteiger partial charge in [-0.05, 0) is 65.9 Å². The number of aromatic nitrogens is 4. The number of benzene rings is 7. The molecule has 0 unspecified atom stereocenters. The molecule has 272 valence electrons. The third-order valence-corrected chi connectivity index (χ3v) is 12.0. The third kappa shape index (κ3) is 6.13. The highest BCUT2D eigenvalue weighted by Crippen LogP contribution is 2.44. The van der Waals surface area contributed by atoms with Gasteiger partial charge in [0.15, 0.2) is 17.5 Å². The topological polar surface area (TPSA) is 43.6 Å². The maximum absolute atomic E-state index is 5.23. The van der Waals surface area contributed by atoms with E-state index in [1.54, 1.807) is 0 Å². The lowest BCUT2D eigenvalue weighted by atomic mass is 10.0. The highest BCUT2D eigenvalue weighted by Gasteiger charge is 2.21. The van der Waals surface area contributed by atoms with Crippen LogP contribution in [-0.2, 0) is 0 Å². The molecule has 0 amide bonds. The van der Waals surface area contributed by atoms with Crippen LogP contribution in [0.25, 0.3) is 98.5 Å². The zero-order valence-electron chi connectivity index (χ0n) is 31.7. The molecular formula is C52H38N4S. The van der Waals surface area contributed by atoms with Crippen LogP contribution >= 0.6 is 11.3 Å². The van der Waals surface area contributed by atoms with E-state index in [4.69, 9.17) is 15.0 Å². The minimum absolute atomic E-state index is 0.624. The molecule has 0 saturated carbocycles.